The number of rotatable bonds is 7. The Morgan fingerprint density at radius 1 is 1.39 bits per heavy atom. The molecule has 7 nitrogen and oxygen atoms in total. The Morgan fingerprint density at radius 2 is 2.10 bits per heavy atom. The summed E-state index contributed by atoms with van der Waals surface area (Å²) in [5.41, 5.74) is 5.17. The van der Waals surface area contributed by atoms with Gasteiger partial charge in [-0.1, -0.05) is 6.07 Å². The number of carbonyl (C=O) groups is 1. The van der Waals surface area contributed by atoms with Crippen molar-refractivity contribution in [3.8, 4) is 0 Å². The molecule has 2 aliphatic rings. The van der Waals surface area contributed by atoms with Crippen LogP contribution in [-0.2, 0) is 21.3 Å². The standard InChI is InChI=1S/C20H26F3N5O2S/c1-31-9-6-26-11-14(27-25)12-28-7-4-19(5-8-28)16-10-13(20(21,22)23)2-3-15(16)17(30-19)18(24)29/h2-3,10-11,17H,4-9,12,25H2,1H3,(H2,24,29)/b26-11?,27-14+. The summed E-state index contributed by atoms with van der Waals surface area (Å²) in [5.74, 6) is 5.67. The Bertz CT molecular complexity index is 867. The summed E-state index contributed by atoms with van der Waals surface area (Å²) in [4.78, 5) is 18.3. The number of likely N-dealkylation sites (tertiary alicyclic amines) is 1. The minimum absolute atomic E-state index is 0.400. The van der Waals surface area contributed by atoms with E-state index in [0.29, 0.717) is 55.9 Å². The van der Waals surface area contributed by atoms with Gasteiger partial charge in [-0.05, 0) is 42.4 Å². The van der Waals surface area contributed by atoms with Crippen LogP contribution < -0.4 is 11.6 Å². The molecule has 1 amide bonds. The van der Waals surface area contributed by atoms with Gasteiger partial charge in [0.25, 0.3) is 5.91 Å². The molecule has 1 atom stereocenters. The van der Waals surface area contributed by atoms with Crippen LogP contribution in [-0.4, -0.2) is 60.9 Å². The third kappa shape index (κ3) is 5.21. The zero-order chi connectivity index (χ0) is 22.6. The molecule has 11 heteroatoms. The molecular weight excluding hydrogens is 431 g/mol. The maximum absolute atomic E-state index is 13.3. The number of aliphatic imine (C=N–C) groups is 1. The normalized spacial score (nSPS) is 21.7. The summed E-state index contributed by atoms with van der Waals surface area (Å²) in [6.45, 7) is 2.23. The highest BCUT2D eigenvalue weighted by Crippen LogP contribution is 2.50. The number of hydrazone groups is 1. The maximum Gasteiger partial charge on any atom is 0.416 e. The fraction of sp³-hybridized carbons (Fsp3) is 0.550. The van der Waals surface area contributed by atoms with Crippen LogP contribution in [0.4, 0.5) is 13.2 Å². The number of alkyl halides is 3. The van der Waals surface area contributed by atoms with Crippen LogP contribution in [0.3, 0.4) is 0 Å². The highest BCUT2D eigenvalue weighted by atomic mass is 32.2. The average molecular weight is 458 g/mol. The van der Waals surface area contributed by atoms with Gasteiger partial charge >= 0.3 is 6.18 Å². The van der Waals surface area contributed by atoms with E-state index in [2.05, 4.69) is 15.0 Å². The summed E-state index contributed by atoms with van der Waals surface area (Å²) in [5, 5.41) is 3.78. The SMILES string of the molecule is CSCCN=C/C(CN1CCC2(CC1)OC(C(N)=O)c1ccc(C(F)(F)F)cc12)=N\N. The van der Waals surface area contributed by atoms with E-state index in [-0.39, 0.29) is 0 Å². The predicted octanol–water partition coefficient (Wildman–Crippen LogP) is 2.30. The van der Waals surface area contributed by atoms with Crippen molar-refractivity contribution in [2.45, 2.75) is 30.7 Å². The molecule has 1 fully saturated rings. The number of carbonyl (C=O) groups excluding carboxylic acids is 1. The van der Waals surface area contributed by atoms with Crippen molar-refractivity contribution in [3.05, 3.63) is 34.9 Å². The average Bonchev–Trinajstić information content (AvgIpc) is 3.05. The van der Waals surface area contributed by atoms with E-state index < -0.39 is 29.4 Å². The third-order valence-corrected chi connectivity index (χ3v) is 6.23. The summed E-state index contributed by atoms with van der Waals surface area (Å²) in [6.07, 6.45) is -1.03. The van der Waals surface area contributed by atoms with Gasteiger partial charge < -0.3 is 16.3 Å². The van der Waals surface area contributed by atoms with E-state index in [1.807, 2.05) is 6.26 Å². The number of amides is 1. The number of primary amides is 1. The first-order chi connectivity index (χ1) is 14.7. The third-order valence-electron chi connectivity index (χ3n) is 5.64. The molecule has 1 spiro atoms. The summed E-state index contributed by atoms with van der Waals surface area (Å²) < 4.78 is 45.9. The van der Waals surface area contributed by atoms with Crippen LogP contribution in [0, 0.1) is 0 Å². The first kappa shape index (κ1) is 23.6. The molecule has 0 aromatic heterocycles. The molecule has 1 aromatic carbocycles. The quantitative estimate of drug-likeness (QED) is 0.283. The van der Waals surface area contributed by atoms with Crippen molar-refractivity contribution in [3.63, 3.8) is 0 Å². The zero-order valence-electron chi connectivity index (χ0n) is 17.2. The topological polar surface area (TPSA) is 106 Å². The molecule has 170 valence electrons. The molecule has 1 aromatic rings. The molecule has 3 rings (SSSR count). The second kappa shape index (κ2) is 9.58. The maximum atomic E-state index is 13.3. The van der Waals surface area contributed by atoms with Gasteiger partial charge in [0.05, 0.1) is 16.9 Å². The van der Waals surface area contributed by atoms with Gasteiger partial charge in [0, 0.05) is 38.1 Å². The first-order valence-electron chi connectivity index (χ1n) is 9.87. The lowest BCUT2D eigenvalue weighted by Gasteiger charge is -2.39. The summed E-state index contributed by atoms with van der Waals surface area (Å²) in [7, 11) is 0. The largest absolute Gasteiger partial charge is 0.416 e. The lowest BCUT2D eigenvalue weighted by Crippen LogP contribution is -2.45. The van der Waals surface area contributed by atoms with Gasteiger partial charge in [-0.15, -0.1) is 0 Å². The molecule has 2 heterocycles. The summed E-state index contributed by atoms with van der Waals surface area (Å²) in [6, 6.07) is 3.37. The lowest BCUT2D eigenvalue weighted by molar-refractivity contribution is -0.148. The van der Waals surface area contributed by atoms with Crippen molar-refractivity contribution in [1.82, 2.24) is 4.90 Å². The number of hydrogen-bond donors (Lipinski definition) is 2. The number of benzene rings is 1. The second-order valence-electron chi connectivity index (χ2n) is 7.62. The Hall–Kier alpha value is -2.11. The minimum Gasteiger partial charge on any atom is -0.367 e. The number of piperidine rings is 1. The highest BCUT2D eigenvalue weighted by Gasteiger charge is 2.49. The molecular formula is C20H26F3N5O2S. The predicted molar refractivity (Wildman–Crippen MR) is 115 cm³/mol. The van der Waals surface area contributed by atoms with E-state index in [1.165, 1.54) is 6.07 Å². The number of thioether (sulfide) groups is 1. The van der Waals surface area contributed by atoms with Crippen LogP contribution in [0.1, 0.15) is 35.6 Å². The minimum atomic E-state index is -4.48. The van der Waals surface area contributed by atoms with Crippen molar-refractivity contribution < 1.29 is 22.7 Å². The Labute approximate surface area is 183 Å². The number of fused-ring (bicyclic) bond motifs is 2. The number of halogens is 3. The number of nitrogens with two attached hydrogens (primary N) is 2. The van der Waals surface area contributed by atoms with E-state index >= 15 is 0 Å². The van der Waals surface area contributed by atoms with Gasteiger partial charge in [0.2, 0.25) is 0 Å². The fourth-order valence-electron chi connectivity index (χ4n) is 4.04. The summed E-state index contributed by atoms with van der Waals surface area (Å²) >= 11 is 1.69. The second-order valence-corrected chi connectivity index (χ2v) is 8.60. The number of ether oxygens (including phenoxy) is 1. The van der Waals surface area contributed by atoms with Gasteiger partial charge in [-0.25, -0.2) is 0 Å². The van der Waals surface area contributed by atoms with Crippen molar-refractivity contribution in [2.24, 2.45) is 21.7 Å². The molecule has 0 bridgehead atoms. The fourth-order valence-corrected chi connectivity index (χ4v) is 4.33. The van der Waals surface area contributed by atoms with Crippen molar-refractivity contribution >= 4 is 29.6 Å². The highest BCUT2D eigenvalue weighted by molar-refractivity contribution is 7.98. The molecule has 31 heavy (non-hydrogen) atoms. The van der Waals surface area contributed by atoms with Crippen molar-refractivity contribution in [2.75, 3.05) is 38.2 Å². The van der Waals surface area contributed by atoms with E-state index in [0.717, 1.165) is 17.9 Å². The first-order valence-corrected chi connectivity index (χ1v) is 11.3. The van der Waals surface area contributed by atoms with Crippen molar-refractivity contribution in [1.29, 1.82) is 0 Å². The van der Waals surface area contributed by atoms with Gasteiger partial charge in [0.15, 0.2) is 6.10 Å². The van der Waals surface area contributed by atoms with E-state index in [1.54, 1.807) is 18.0 Å². The lowest BCUT2D eigenvalue weighted by atomic mass is 9.82. The molecule has 4 N–H and O–H groups in total. The molecule has 1 saturated heterocycles. The zero-order valence-corrected chi connectivity index (χ0v) is 18.0. The van der Waals surface area contributed by atoms with Gasteiger partial charge in [0.1, 0.15) is 0 Å². The van der Waals surface area contributed by atoms with E-state index in [4.69, 9.17) is 16.3 Å². The van der Waals surface area contributed by atoms with Gasteiger partial charge in [-0.2, -0.15) is 30.0 Å². The Balaban J connectivity index is 1.75. The van der Waals surface area contributed by atoms with Crippen LogP contribution in [0.15, 0.2) is 28.3 Å². The number of nitrogens with zero attached hydrogens (tertiary/aromatic N) is 3. The van der Waals surface area contributed by atoms with Crippen LogP contribution in [0.25, 0.3) is 0 Å². The molecule has 0 aliphatic carbocycles. The smallest absolute Gasteiger partial charge is 0.367 e. The molecule has 0 saturated carbocycles. The van der Waals surface area contributed by atoms with Gasteiger partial charge in [-0.3, -0.25) is 14.7 Å². The monoisotopic (exact) mass is 457 g/mol. The number of hydrogen-bond acceptors (Lipinski definition) is 7. The Kier molecular flexibility index (Phi) is 7.28. The van der Waals surface area contributed by atoms with Crippen LogP contribution in [0.5, 0.6) is 0 Å². The van der Waals surface area contributed by atoms with E-state index in [9.17, 15) is 18.0 Å². The Morgan fingerprint density at radius 3 is 2.68 bits per heavy atom. The van der Waals surface area contributed by atoms with Crippen LogP contribution in [0.2, 0.25) is 0 Å². The van der Waals surface area contributed by atoms with Crippen LogP contribution >= 0.6 is 11.8 Å². The molecule has 0 radical (unpaired) electrons. The molecule has 1 unspecified atom stereocenters. The molecule has 2 aliphatic heterocycles.